The van der Waals surface area contributed by atoms with E-state index < -0.39 is 5.91 Å². The average molecular weight is 420 g/mol. The van der Waals surface area contributed by atoms with Crippen LogP contribution in [0.4, 0.5) is 5.69 Å². The Hall–Kier alpha value is -3.84. The van der Waals surface area contributed by atoms with Gasteiger partial charge in [0, 0.05) is 17.7 Å². The zero-order chi connectivity index (χ0) is 22.1. The molecular weight excluding hydrogens is 396 g/mol. The Balaban J connectivity index is 1.53. The van der Waals surface area contributed by atoms with E-state index in [1.54, 1.807) is 24.7 Å². The summed E-state index contributed by atoms with van der Waals surface area (Å²) in [6, 6.07) is 21.7. The largest absolute Gasteiger partial charge is 0.493 e. The highest BCUT2D eigenvalue weighted by atomic mass is 16.5. The number of anilines is 1. The van der Waals surface area contributed by atoms with Gasteiger partial charge in [-0.25, -0.2) is 5.48 Å². The molecule has 0 saturated heterocycles. The fourth-order valence-electron chi connectivity index (χ4n) is 2.97. The monoisotopic (exact) mass is 420 g/mol. The van der Waals surface area contributed by atoms with Crippen LogP contribution in [-0.2, 0) is 17.8 Å². The molecule has 3 aromatic carbocycles. The van der Waals surface area contributed by atoms with Crippen molar-refractivity contribution in [2.45, 2.75) is 19.4 Å². The van der Waals surface area contributed by atoms with Crippen LogP contribution in [-0.4, -0.2) is 24.1 Å². The van der Waals surface area contributed by atoms with Gasteiger partial charge in [-0.1, -0.05) is 36.4 Å². The van der Waals surface area contributed by atoms with E-state index in [9.17, 15) is 9.59 Å². The van der Waals surface area contributed by atoms with E-state index >= 15 is 0 Å². The minimum Gasteiger partial charge on any atom is -0.493 e. The summed E-state index contributed by atoms with van der Waals surface area (Å²) in [6.07, 6.45) is 0.818. The summed E-state index contributed by atoms with van der Waals surface area (Å²) in [4.78, 5) is 23.6. The number of hydroxylamine groups is 1. The zero-order valence-electron chi connectivity index (χ0n) is 17.1. The molecule has 3 aromatic rings. The number of methoxy groups -OCH3 is 1. The van der Waals surface area contributed by atoms with Crippen molar-refractivity contribution in [3.63, 3.8) is 0 Å². The molecule has 3 rings (SSSR count). The molecule has 2 amide bonds. The molecule has 0 aliphatic heterocycles. The van der Waals surface area contributed by atoms with Gasteiger partial charge in [0.05, 0.1) is 7.11 Å². The number of hydrogen-bond donors (Lipinski definition) is 3. The van der Waals surface area contributed by atoms with E-state index in [1.807, 2.05) is 48.5 Å². The van der Waals surface area contributed by atoms with Crippen LogP contribution in [0.15, 0.2) is 72.8 Å². The van der Waals surface area contributed by atoms with Crippen molar-refractivity contribution >= 4 is 17.5 Å². The van der Waals surface area contributed by atoms with E-state index in [0.29, 0.717) is 35.8 Å². The van der Waals surface area contributed by atoms with Crippen molar-refractivity contribution in [3.05, 3.63) is 89.5 Å². The summed E-state index contributed by atoms with van der Waals surface area (Å²) in [7, 11) is 1.59. The standard InChI is InChI=1S/C24H24N2O5/c1-30-22-15-17(7-13-21(22)31-16-18-5-3-2-4-6-18)8-14-23(27)25-20-11-9-19(10-12-20)24(28)26-29/h2-7,9-13,15,29H,8,14,16H2,1H3,(H,25,27)(H,26,28). The second-order valence-corrected chi connectivity index (χ2v) is 6.83. The number of aryl methyl sites for hydroxylation is 1. The number of nitrogens with one attached hydrogen (secondary N) is 2. The van der Waals surface area contributed by atoms with Crippen molar-refractivity contribution in [2.24, 2.45) is 0 Å². The molecule has 0 aliphatic carbocycles. The highest BCUT2D eigenvalue weighted by molar-refractivity contribution is 5.95. The summed E-state index contributed by atoms with van der Waals surface area (Å²) in [5.74, 6) is 0.504. The number of carbonyl (C=O) groups is 2. The van der Waals surface area contributed by atoms with E-state index in [0.717, 1.165) is 11.1 Å². The van der Waals surface area contributed by atoms with Crippen molar-refractivity contribution in [3.8, 4) is 11.5 Å². The van der Waals surface area contributed by atoms with Gasteiger partial charge in [-0.2, -0.15) is 0 Å². The summed E-state index contributed by atoms with van der Waals surface area (Å²) in [6.45, 7) is 0.442. The average Bonchev–Trinajstić information content (AvgIpc) is 2.82. The van der Waals surface area contributed by atoms with Crippen LogP contribution in [0.5, 0.6) is 11.5 Å². The first kappa shape index (κ1) is 21.9. The molecule has 0 saturated carbocycles. The van der Waals surface area contributed by atoms with Crippen LogP contribution in [0.2, 0.25) is 0 Å². The van der Waals surface area contributed by atoms with Gasteiger partial charge in [0.2, 0.25) is 5.91 Å². The molecule has 0 spiro atoms. The molecule has 3 N–H and O–H groups in total. The van der Waals surface area contributed by atoms with Gasteiger partial charge in [0.1, 0.15) is 6.61 Å². The van der Waals surface area contributed by atoms with Crippen LogP contribution in [0.1, 0.15) is 27.9 Å². The van der Waals surface area contributed by atoms with Gasteiger partial charge in [0.15, 0.2) is 11.5 Å². The number of ether oxygens (including phenoxy) is 2. The Bertz CT molecular complexity index is 1020. The highest BCUT2D eigenvalue weighted by Gasteiger charge is 2.09. The Morgan fingerprint density at radius 3 is 2.32 bits per heavy atom. The first-order valence-electron chi connectivity index (χ1n) is 9.77. The number of benzene rings is 3. The summed E-state index contributed by atoms with van der Waals surface area (Å²) < 4.78 is 11.3. The number of amides is 2. The van der Waals surface area contributed by atoms with Gasteiger partial charge >= 0.3 is 0 Å². The van der Waals surface area contributed by atoms with E-state index in [1.165, 1.54) is 12.1 Å². The lowest BCUT2D eigenvalue weighted by atomic mass is 10.1. The molecule has 0 bridgehead atoms. The summed E-state index contributed by atoms with van der Waals surface area (Å²) >= 11 is 0. The highest BCUT2D eigenvalue weighted by Crippen LogP contribution is 2.29. The van der Waals surface area contributed by atoms with Crippen LogP contribution in [0.25, 0.3) is 0 Å². The number of hydrogen-bond acceptors (Lipinski definition) is 5. The predicted octanol–water partition coefficient (Wildman–Crippen LogP) is 3.96. The fourth-order valence-corrected chi connectivity index (χ4v) is 2.97. The normalized spacial score (nSPS) is 10.3. The Kier molecular flexibility index (Phi) is 7.61. The third-order valence-electron chi connectivity index (χ3n) is 4.64. The van der Waals surface area contributed by atoms with E-state index in [-0.39, 0.29) is 12.3 Å². The fraction of sp³-hybridized carbons (Fsp3) is 0.167. The van der Waals surface area contributed by atoms with E-state index in [4.69, 9.17) is 14.7 Å². The molecule has 0 aromatic heterocycles. The molecule has 0 aliphatic rings. The Labute approximate surface area is 180 Å². The molecule has 31 heavy (non-hydrogen) atoms. The van der Waals surface area contributed by atoms with Crippen LogP contribution in [0.3, 0.4) is 0 Å². The SMILES string of the molecule is COc1cc(CCC(=O)Nc2ccc(C(=O)NO)cc2)ccc1OCc1ccccc1. The minimum absolute atomic E-state index is 0.150. The topological polar surface area (TPSA) is 96.9 Å². The molecular formula is C24H24N2O5. The molecule has 160 valence electrons. The second-order valence-electron chi connectivity index (χ2n) is 6.83. The Morgan fingerprint density at radius 1 is 0.903 bits per heavy atom. The van der Waals surface area contributed by atoms with Crippen LogP contribution in [0, 0.1) is 0 Å². The number of carbonyl (C=O) groups excluding carboxylic acids is 2. The smallest absolute Gasteiger partial charge is 0.274 e. The van der Waals surface area contributed by atoms with Crippen molar-refractivity contribution in [1.82, 2.24) is 5.48 Å². The molecule has 0 radical (unpaired) electrons. The minimum atomic E-state index is -0.608. The number of rotatable bonds is 9. The lowest BCUT2D eigenvalue weighted by molar-refractivity contribution is -0.116. The molecule has 0 fully saturated rings. The second kappa shape index (κ2) is 10.8. The predicted molar refractivity (Wildman–Crippen MR) is 116 cm³/mol. The van der Waals surface area contributed by atoms with Crippen molar-refractivity contribution in [2.75, 3.05) is 12.4 Å². The maximum absolute atomic E-state index is 12.3. The van der Waals surface area contributed by atoms with Gasteiger partial charge < -0.3 is 14.8 Å². The van der Waals surface area contributed by atoms with Crippen molar-refractivity contribution < 1.29 is 24.3 Å². The lowest BCUT2D eigenvalue weighted by Gasteiger charge is -2.12. The van der Waals surface area contributed by atoms with Gasteiger partial charge in [0.25, 0.3) is 5.91 Å². The third kappa shape index (κ3) is 6.32. The maximum atomic E-state index is 12.3. The molecule has 0 unspecified atom stereocenters. The molecule has 7 heteroatoms. The summed E-state index contributed by atoms with van der Waals surface area (Å²) in [5.41, 5.74) is 4.45. The Morgan fingerprint density at radius 2 is 1.65 bits per heavy atom. The summed E-state index contributed by atoms with van der Waals surface area (Å²) in [5, 5.41) is 11.4. The van der Waals surface area contributed by atoms with Crippen LogP contribution < -0.4 is 20.3 Å². The van der Waals surface area contributed by atoms with E-state index in [2.05, 4.69) is 5.32 Å². The first-order valence-corrected chi connectivity index (χ1v) is 9.77. The zero-order valence-corrected chi connectivity index (χ0v) is 17.1. The molecule has 0 heterocycles. The molecule has 7 nitrogen and oxygen atoms in total. The van der Waals surface area contributed by atoms with Crippen LogP contribution >= 0.6 is 0 Å². The van der Waals surface area contributed by atoms with Gasteiger partial charge in [-0.15, -0.1) is 0 Å². The first-order chi connectivity index (χ1) is 15.1. The third-order valence-corrected chi connectivity index (χ3v) is 4.64. The van der Waals surface area contributed by atoms with Crippen molar-refractivity contribution in [1.29, 1.82) is 0 Å². The van der Waals surface area contributed by atoms with Gasteiger partial charge in [-0.3, -0.25) is 14.8 Å². The quantitative estimate of drug-likeness (QED) is 0.360. The maximum Gasteiger partial charge on any atom is 0.274 e. The lowest BCUT2D eigenvalue weighted by Crippen LogP contribution is -2.18. The molecule has 0 atom stereocenters. The van der Waals surface area contributed by atoms with Gasteiger partial charge in [-0.05, 0) is 53.9 Å².